The zero-order chi connectivity index (χ0) is 19.8. The van der Waals surface area contributed by atoms with Gasteiger partial charge in [-0.05, 0) is 46.9 Å². The Balaban J connectivity index is 1.74. The molecule has 0 spiro atoms. The van der Waals surface area contributed by atoms with E-state index < -0.39 is 5.97 Å². The molecule has 3 aromatic rings. The van der Waals surface area contributed by atoms with Gasteiger partial charge in [0.1, 0.15) is 12.4 Å². The minimum Gasteiger partial charge on any atom is -0.488 e. The minimum absolute atomic E-state index is 0.0801. The molecule has 0 bridgehead atoms. The normalized spacial score (nSPS) is 10.3. The second kappa shape index (κ2) is 9.77. The van der Waals surface area contributed by atoms with E-state index in [1.807, 2.05) is 48.5 Å². The molecule has 3 aromatic carbocycles. The van der Waals surface area contributed by atoms with Crippen LogP contribution in [0.3, 0.4) is 0 Å². The largest absolute Gasteiger partial charge is 0.488 e. The summed E-state index contributed by atoms with van der Waals surface area (Å²) in [6, 6.07) is 25.7. The first kappa shape index (κ1) is 19.7. The molecule has 0 aliphatic rings. The van der Waals surface area contributed by atoms with Gasteiger partial charge in [-0.3, -0.25) is 4.79 Å². The molecule has 0 unspecified atom stereocenters. The van der Waals surface area contributed by atoms with Gasteiger partial charge in [-0.15, -0.1) is 0 Å². The molecule has 0 aromatic heterocycles. The van der Waals surface area contributed by atoms with Gasteiger partial charge in [0.15, 0.2) is 0 Å². The van der Waals surface area contributed by atoms with E-state index in [4.69, 9.17) is 21.4 Å². The Morgan fingerprint density at radius 3 is 2.07 bits per heavy atom. The number of hydrogen-bond acceptors (Lipinski definition) is 2. The van der Waals surface area contributed by atoms with Gasteiger partial charge in [-0.1, -0.05) is 78.3 Å². The molecular weight excluding hydrogens is 372 g/mol. The minimum atomic E-state index is -0.823. The highest BCUT2D eigenvalue weighted by atomic mass is 35.5. The number of aryl methyl sites for hydroxylation is 1. The number of ether oxygens (including phenoxy) is 1. The van der Waals surface area contributed by atoms with Crippen molar-refractivity contribution in [1.29, 1.82) is 0 Å². The Bertz CT molecular complexity index is 909. The monoisotopic (exact) mass is 392 g/mol. The smallest absolute Gasteiger partial charge is 0.303 e. The third kappa shape index (κ3) is 5.48. The Kier molecular flexibility index (Phi) is 6.88. The van der Waals surface area contributed by atoms with Crippen LogP contribution in [-0.4, -0.2) is 17.7 Å². The molecule has 0 saturated heterocycles. The van der Waals surface area contributed by atoms with Crippen molar-refractivity contribution in [3.63, 3.8) is 0 Å². The van der Waals surface area contributed by atoms with Crippen LogP contribution in [0.2, 0.25) is 5.02 Å². The van der Waals surface area contributed by atoms with Gasteiger partial charge in [0.2, 0.25) is 0 Å². The Hall–Kier alpha value is -3.04. The average Bonchev–Trinajstić information content (AvgIpc) is 2.72. The Morgan fingerprint density at radius 1 is 0.929 bits per heavy atom. The molecule has 28 heavy (non-hydrogen) atoms. The summed E-state index contributed by atoms with van der Waals surface area (Å²) in [6.07, 6.45) is 2.57. The topological polar surface area (TPSA) is 46.5 Å². The van der Waals surface area contributed by atoms with E-state index in [2.05, 4.69) is 24.3 Å². The average molecular weight is 393 g/mol. The van der Waals surface area contributed by atoms with E-state index in [1.165, 1.54) is 0 Å². The highest BCUT2D eigenvalue weighted by molar-refractivity contribution is 6.32. The first-order valence-corrected chi connectivity index (χ1v) is 9.45. The van der Waals surface area contributed by atoms with Crippen LogP contribution in [0.4, 0.5) is 0 Å². The zero-order valence-corrected chi connectivity index (χ0v) is 16.1. The van der Waals surface area contributed by atoms with Crippen molar-refractivity contribution >= 4 is 23.1 Å². The van der Waals surface area contributed by atoms with Crippen LogP contribution in [0.25, 0.3) is 5.57 Å². The summed E-state index contributed by atoms with van der Waals surface area (Å²) in [5, 5.41) is 9.27. The van der Waals surface area contributed by atoms with Crippen LogP contribution in [0.15, 0.2) is 84.9 Å². The molecule has 0 atom stereocenters. The van der Waals surface area contributed by atoms with E-state index in [-0.39, 0.29) is 6.42 Å². The van der Waals surface area contributed by atoms with Crippen molar-refractivity contribution in [2.45, 2.75) is 12.8 Å². The molecule has 1 N–H and O–H groups in total. The van der Waals surface area contributed by atoms with Gasteiger partial charge in [0.25, 0.3) is 0 Å². The maximum Gasteiger partial charge on any atom is 0.303 e. The van der Waals surface area contributed by atoms with Crippen molar-refractivity contribution in [2.24, 2.45) is 0 Å². The number of hydrogen-bond donors (Lipinski definition) is 1. The van der Waals surface area contributed by atoms with Crippen LogP contribution in [-0.2, 0) is 11.2 Å². The highest BCUT2D eigenvalue weighted by Crippen LogP contribution is 2.27. The highest BCUT2D eigenvalue weighted by Gasteiger charge is 2.07. The lowest BCUT2D eigenvalue weighted by Gasteiger charge is -2.11. The Morgan fingerprint density at radius 2 is 1.54 bits per heavy atom. The summed E-state index contributed by atoms with van der Waals surface area (Å²) < 4.78 is 5.87. The number of rotatable bonds is 8. The molecule has 0 aliphatic heterocycles. The number of halogens is 1. The van der Waals surface area contributed by atoms with Gasteiger partial charge in [-0.25, -0.2) is 0 Å². The van der Waals surface area contributed by atoms with Gasteiger partial charge >= 0.3 is 5.97 Å². The van der Waals surface area contributed by atoms with Gasteiger partial charge < -0.3 is 9.84 Å². The van der Waals surface area contributed by atoms with Crippen LogP contribution >= 0.6 is 11.6 Å². The molecule has 0 amide bonds. The van der Waals surface area contributed by atoms with Crippen LogP contribution in [0.5, 0.6) is 5.75 Å². The quantitative estimate of drug-likeness (QED) is 0.521. The van der Waals surface area contributed by atoms with Gasteiger partial charge in [0, 0.05) is 6.42 Å². The first-order valence-electron chi connectivity index (χ1n) is 9.07. The van der Waals surface area contributed by atoms with Crippen LogP contribution < -0.4 is 4.74 Å². The summed E-state index contributed by atoms with van der Waals surface area (Å²) in [5.41, 5.74) is 4.21. The third-order valence-corrected chi connectivity index (χ3v) is 4.62. The number of carboxylic acid groups (broad SMARTS) is 1. The fourth-order valence-electron chi connectivity index (χ4n) is 2.92. The predicted molar refractivity (Wildman–Crippen MR) is 113 cm³/mol. The van der Waals surface area contributed by atoms with Crippen molar-refractivity contribution < 1.29 is 14.6 Å². The molecule has 0 fully saturated rings. The van der Waals surface area contributed by atoms with Gasteiger partial charge in [0.05, 0.1) is 5.02 Å². The van der Waals surface area contributed by atoms with Crippen molar-refractivity contribution in [3.05, 3.63) is 107 Å². The fraction of sp³-hybridized carbons (Fsp3) is 0.125. The third-order valence-electron chi connectivity index (χ3n) is 4.32. The molecule has 0 aliphatic carbocycles. The summed E-state index contributed by atoms with van der Waals surface area (Å²) >= 11 is 6.30. The number of carboxylic acids is 1. The first-order chi connectivity index (χ1) is 13.6. The van der Waals surface area contributed by atoms with Crippen molar-refractivity contribution in [1.82, 2.24) is 0 Å². The van der Waals surface area contributed by atoms with Crippen LogP contribution in [0, 0.1) is 0 Å². The number of benzene rings is 3. The standard InChI is InChI=1S/C24H21ClO3/c25-22-17-18(12-14-24(26)27)11-13-23(22)28-16-15-21(19-7-3-1-4-8-19)20-9-5-2-6-10-20/h1-11,13,15,17H,12,14,16H2,(H,26,27). The molecule has 3 nitrogen and oxygen atoms in total. The molecule has 142 valence electrons. The zero-order valence-electron chi connectivity index (χ0n) is 15.3. The summed E-state index contributed by atoms with van der Waals surface area (Å²) in [5.74, 6) is -0.242. The lowest BCUT2D eigenvalue weighted by Crippen LogP contribution is -1.99. The van der Waals surface area contributed by atoms with E-state index >= 15 is 0 Å². The Labute approximate surface area is 169 Å². The van der Waals surface area contributed by atoms with E-state index in [1.54, 1.807) is 12.1 Å². The lowest BCUT2D eigenvalue weighted by atomic mass is 9.98. The number of carbonyl (C=O) groups is 1. The second-order valence-electron chi connectivity index (χ2n) is 6.32. The molecule has 0 heterocycles. The maximum atomic E-state index is 10.7. The van der Waals surface area contributed by atoms with Gasteiger partial charge in [-0.2, -0.15) is 0 Å². The van der Waals surface area contributed by atoms with Crippen LogP contribution in [0.1, 0.15) is 23.1 Å². The SMILES string of the molecule is O=C(O)CCc1ccc(OCC=C(c2ccccc2)c2ccccc2)c(Cl)c1. The molecule has 0 radical (unpaired) electrons. The number of aliphatic carboxylic acids is 1. The van der Waals surface area contributed by atoms with E-state index in [0.717, 1.165) is 22.3 Å². The summed E-state index contributed by atoms with van der Waals surface area (Å²) in [6.45, 7) is 0.368. The molecule has 0 saturated carbocycles. The molecule has 4 heteroatoms. The van der Waals surface area contributed by atoms with Crippen molar-refractivity contribution in [3.8, 4) is 5.75 Å². The molecular formula is C24H21ClO3. The maximum absolute atomic E-state index is 10.7. The fourth-order valence-corrected chi connectivity index (χ4v) is 3.18. The predicted octanol–water partition coefficient (Wildman–Crippen LogP) is 5.87. The van der Waals surface area contributed by atoms with Crippen molar-refractivity contribution in [2.75, 3.05) is 6.61 Å². The molecule has 3 rings (SSSR count). The second-order valence-corrected chi connectivity index (χ2v) is 6.73. The van der Waals surface area contributed by atoms with E-state index in [0.29, 0.717) is 23.8 Å². The summed E-state index contributed by atoms with van der Waals surface area (Å²) in [7, 11) is 0. The lowest BCUT2D eigenvalue weighted by molar-refractivity contribution is -0.136. The van der Waals surface area contributed by atoms with E-state index in [9.17, 15) is 4.79 Å². The summed E-state index contributed by atoms with van der Waals surface area (Å²) in [4.78, 5) is 10.7.